The van der Waals surface area contributed by atoms with Gasteiger partial charge in [0.25, 0.3) is 5.91 Å². The molecule has 4 rings (SSSR count). The Labute approximate surface area is 178 Å². The third-order valence-electron chi connectivity index (χ3n) is 6.39. The van der Waals surface area contributed by atoms with E-state index in [1.165, 1.54) is 19.3 Å². The molecule has 164 valence electrons. The summed E-state index contributed by atoms with van der Waals surface area (Å²) in [7, 11) is 0. The molecule has 3 aliphatic rings. The number of rotatable bonds is 3. The maximum absolute atomic E-state index is 13.1. The highest BCUT2D eigenvalue weighted by molar-refractivity contribution is 6.01. The summed E-state index contributed by atoms with van der Waals surface area (Å²) in [5, 5.41) is 3.20. The van der Waals surface area contributed by atoms with Gasteiger partial charge in [0.15, 0.2) is 0 Å². The molecular formula is C22H33N5O3. The molecule has 1 aromatic carbocycles. The van der Waals surface area contributed by atoms with Crippen molar-refractivity contribution in [1.29, 1.82) is 0 Å². The highest BCUT2D eigenvalue weighted by atomic mass is 16.5. The summed E-state index contributed by atoms with van der Waals surface area (Å²) in [6, 6.07) is 5.91. The van der Waals surface area contributed by atoms with Crippen LogP contribution in [0.5, 0.6) is 0 Å². The van der Waals surface area contributed by atoms with Gasteiger partial charge in [0.1, 0.15) is 0 Å². The maximum atomic E-state index is 13.1. The number of benzene rings is 1. The second kappa shape index (κ2) is 9.55. The van der Waals surface area contributed by atoms with Crippen molar-refractivity contribution >= 4 is 23.3 Å². The molecule has 30 heavy (non-hydrogen) atoms. The molecule has 0 bridgehead atoms. The van der Waals surface area contributed by atoms with Gasteiger partial charge in [-0.25, -0.2) is 4.79 Å². The van der Waals surface area contributed by atoms with Crippen molar-refractivity contribution in [3.8, 4) is 0 Å². The van der Waals surface area contributed by atoms with Crippen LogP contribution in [0, 0.1) is 0 Å². The molecule has 2 saturated heterocycles. The summed E-state index contributed by atoms with van der Waals surface area (Å²) in [5.41, 5.74) is 8.12. The number of amides is 3. The van der Waals surface area contributed by atoms with Crippen molar-refractivity contribution in [2.45, 2.75) is 38.1 Å². The van der Waals surface area contributed by atoms with Crippen LogP contribution in [0.1, 0.15) is 42.5 Å². The summed E-state index contributed by atoms with van der Waals surface area (Å²) >= 11 is 0. The quantitative estimate of drug-likeness (QED) is 0.736. The number of carbonyl (C=O) groups excluding carboxylic acids is 2. The van der Waals surface area contributed by atoms with E-state index in [0.717, 1.165) is 18.5 Å². The normalized spacial score (nSPS) is 20.9. The van der Waals surface area contributed by atoms with Gasteiger partial charge in [-0.05, 0) is 31.0 Å². The number of hydrogen-bond acceptors (Lipinski definition) is 5. The Bertz CT molecular complexity index is 751. The second-order valence-corrected chi connectivity index (χ2v) is 8.44. The molecule has 0 unspecified atom stereocenters. The first kappa shape index (κ1) is 20.8. The van der Waals surface area contributed by atoms with Gasteiger partial charge in [-0.3, -0.25) is 4.79 Å². The molecule has 2 heterocycles. The molecular weight excluding hydrogens is 382 g/mol. The zero-order valence-electron chi connectivity index (χ0n) is 17.6. The highest BCUT2D eigenvalue weighted by Gasteiger charge is 2.28. The van der Waals surface area contributed by atoms with Gasteiger partial charge in [-0.1, -0.05) is 19.3 Å². The summed E-state index contributed by atoms with van der Waals surface area (Å²) < 4.78 is 5.37. The first-order chi connectivity index (χ1) is 14.6. The number of morpholine rings is 1. The van der Waals surface area contributed by atoms with Gasteiger partial charge in [0.2, 0.25) is 0 Å². The molecule has 1 saturated carbocycles. The fourth-order valence-corrected chi connectivity index (χ4v) is 4.60. The number of piperazine rings is 1. The van der Waals surface area contributed by atoms with Gasteiger partial charge >= 0.3 is 6.03 Å². The number of hydrogen-bond donors (Lipinski definition) is 2. The van der Waals surface area contributed by atoms with Gasteiger partial charge in [0.05, 0.1) is 18.8 Å². The van der Waals surface area contributed by atoms with Crippen LogP contribution in [0.15, 0.2) is 18.2 Å². The Hall–Kier alpha value is -2.48. The predicted octanol–water partition coefficient (Wildman–Crippen LogP) is 1.91. The van der Waals surface area contributed by atoms with Crippen molar-refractivity contribution in [3.05, 3.63) is 23.8 Å². The minimum absolute atomic E-state index is 0.00179. The molecule has 8 nitrogen and oxygen atoms in total. The Balaban J connectivity index is 1.39. The van der Waals surface area contributed by atoms with Crippen LogP contribution >= 0.6 is 0 Å². The van der Waals surface area contributed by atoms with E-state index < -0.39 is 0 Å². The minimum atomic E-state index is -0.00179. The monoisotopic (exact) mass is 415 g/mol. The number of nitrogens with two attached hydrogens (primary N) is 1. The van der Waals surface area contributed by atoms with Gasteiger partial charge in [-0.2, -0.15) is 0 Å². The Kier molecular flexibility index (Phi) is 6.62. The summed E-state index contributed by atoms with van der Waals surface area (Å²) in [5.74, 6) is -0.00179. The Morgan fingerprint density at radius 2 is 1.63 bits per heavy atom. The molecule has 2 aliphatic heterocycles. The van der Waals surface area contributed by atoms with Crippen molar-refractivity contribution in [2.75, 3.05) is 63.1 Å². The number of nitrogen functional groups attached to an aromatic ring is 1. The van der Waals surface area contributed by atoms with E-state index in [9.17, 15) is 9.59 Å². The van der Waals surface area contributed by atoms with Crippen molar-refractivity contribution in [1.82, 2.24) is 15.1 Å². The van der Waals surface area contributed by atoms with E-state index in [1.807, 2.05) is 21.9 Å². The number of ether oxygens (including phenoxy) is 1. The Morgan fingerprint density at radius 3 is 2.33 bits per heavy atom. The zero-order chi connectivity index (χ0) is 20.9. The Morgan fingerprint density at radius 1 is 0.933 bits per heavy atom. The third-order valence-corrected chi connectivity index (χ3v) is 6.39. The second-order valence-electron chi connectivity index (χ2n) is 8.44. The largest absolute Gasteiger partial charge is 0.399 e. The van der Waals surface area contributed by atoms with Gasteiger partial charge in [-0.15, -0.1) is 0 Å². The zero-order valence-corrected chi connectivity index (χ0v) is 17.6. The van der Waals surface area contributed by atoms with Crippen LogP contribution in [-0.2, 0) is 4.74 Å². The smallest absolute Gasteiger partial charge is 0.317 e. The van der Waals surface area contributed by atoms with E-state index in [2.05, 4.69) is 10.2 Å². The first-order valence-corrected chi connectivity index (χ1v) is 11.2. The summed E-state index contributed by atoms with van der Waals surface area (Å²) in [4.78, 5) is 31.7. The fourth-order valence-electron chi connectivity index (χ4n) is 4.60. The average Bonchev–Trinajstić information content (AvgIpc) is 2.80. The number of carbonyl (C=O) groups is 2. The van der Waals surface area contributed by atoms with E-state index in [4.69, 9.17) is 10.5 Å². The standard InChI is InChI=1S/C22H33N5O3/c23-17-6-7-20(19(16-17)21(28)26-12-14-30-15-13-26)25-8-10-27(11-9-25)22(29)24-18-4-2-1-3-5-18/h6-7,16,18H,1-5,8-15,23H2,(H,24,29). The maximum Gasteiger partial charge on any atom is 0.317 e. The molecule has 3 amide bonds. The van der Waals surface area contributed by atoms with Crippen LogP contribution in [-0.4, -0.2) is 80.3 Å². The van der Waals surface area contributed by atoms with Crippen LogP contribution in [0.4, 0.5) is 16.2 Å². The molecule has 3 N–H and O–H groups in total. The lowest BCUT2D eigenvalue weighted by Crippen LogP contribution is -2.54. The minimum Gasteiger partial charge on any atom is -0.399 e. The van der Waals surface area contributed by atoms with Crippen LogP contribution < -0.4 is 16.0 Å². The number of urea groups is 1. The lowest BCUT2D eigenvalue weighted by molar-refractivity contribution is 0.0303. The molecule has 1 aromatic rings. The molecule has 1 aliphatic carbocycles. The van der Waals surface area contributed by atoms with E-state index in [1.54, 1.807) is 6.07 Å². The summed E-state index contributed by atoms with van der Waals surface area (Å²) in [6.07, 6.45) is 5.86. The van der Waals surface area contributed by atoms with E-state index in [-0.39, 0.29) is 11.9 Å². The topological polar surface area (TPSA) is 91.1 Å². The lowest BCUT2D eigenvalue weighted by atomic mass is 9.96. The van der Waals surface area contributed by atoms with Gasteiger partial charge in [0, 0.05) is 56.7 Å². The molecule has 0 radical (unpaired) electrons. The fraction of sp³-hybridized carbons (Fsp3) is 0.636. The lowest BCUT2D eigenvalue weighted by Gasteiger charge is -2.38. The molecule has 0 aromatic heterocycles. The van der Waals surface area contributed by atoms with E-state index >= 15 is 0 Å². The van der Waals surface area contributed by atoms with Crippen molar-refractivity contribution in [3.63, 3.8) is 0 Å². The van der Waals surface area contributed by atoms with Crippen LogP contribution in [0.25, 0.3) is 0 Å². The number of anilines is 2. The molecule has 0 spiro atoms. The SMILES string of the molecule is Nc1ccc(N2CCN(C(=O)NC3CCCCC3)CC2)c(C(=O)N2CCOCC2)c1. The molecule has 3 fully saturated rings. The van der Waals surface area contributed by atoms with Crippen molar-refractivity contribution in [2.24, 2.45) is 0 Å². The molecule has 8 heteroatoms. The van der Waals surface area contributed by atoms with Crippen LogP contribution in [0.3, 0.4) is 0 Å². The summed E-state index contributed by atoms with van der Waals surface area (Å²) in [6.45, 7) is 5.03. The van der Waals surface area contributed by atoms with Crippen molar-refractivity contribution < 1.29 is 14.3 Å². The average molecular weight is 416 g/mol. The highest BCUT2D eigenvalue weighted by Crippen LogP contribution is 2.26. The van der Waals surface area contributed by atoms with Crippen LogP contribution in [0.2, 0.25) is 0 Å². The van der Waals surface area contributed by atoms with Gasteiger partial charge < -0.3 is 30.5 Å². The number of nitrogens with zero attached hydrogens (tertiary/aromatic N) is 3. The number of nitrogens with one attached hydrogen (secondary N) is 1. The predicted molar refractivity (Wildman–Crippen MR) is 117 cm³/mol. The van der Waals surface area contributed by atoms with E-state index in [0.29, 0.717) is 69.8 Å². The first-order valence-electron chi connectivity index (χ1n) is 11.2. The molecule has 0 atom stereocenters. The third kappa shape index (κ3) is 4.80.